The van der Waals surface area contributed by atoms with E-state index in [1.165, 1.54) is 11.1 Å². The zero-order valence-electron chi connectivity index (χ0n) is 18.8. The first-order chi connectivity index (χ1) is 16.4. The number of carbonyl (C=O) groups excluding carboxylic acids is 3. The highest BCUT2D eigenvalue weighted by Gasteiger charge is 2.47. The lowest BCUT2D eigenvalue weighted by Gasteiger charge is -2.38. The van der Waals surface area contributed by atoms with Crippen LogP contribution in [0.4, 0.5) is 0 Å². The fourth-order valence-corrected chi connectivity index (χ4v) is 6.14. The van der Waals surface area contributed by atoms with Gasteiger partial charge in [0.2, 0.25) is 11.8 Å². The average Bonchev–Trinajstić information content (AvgIpc) is 3.34. The van der Waals surface area contributed by atoms with Crippen molar-refractivity contribution >= 4 is 29.3 Å². The van der Waals surface area contributed by atoms with Crippen LogP contribution in [0.3, 0.4) is 0 Å². The number of fused-ring (bicyclic) bond motifs is 4. The third-order valence-corrected chi connectivity index (χ3v) is 8.07. The largest absolute Gasteiger partial charge is 0.492 e. The molecule has 176 valence electrons. The van der Waals surface area contributed by atoms with Gasteiger partial charge in [0, 0.05) is 40.1 Å². The molecule has 4 aliphatic rings. The first-order valence-electron chi connectivity index (χ1n) is 11.8. The van der Waals surface area contributed by atoms with E-state index >= 15 is 0 Å². The van der Waals surface area contributed by atoms with Crippen molar-refractivity contribution in [2.75, 3.05) is 19.7 Å². The van der Waals surface area contributed by atoms with Crippen LogP contribution in [0, 0.1) is 0 Å². The molecule has 0 radical (unpaired) electrons. The Morgan fingerprint density at radius 1 is 1.12 bits per heavy atom. The summed E-state index contributed by atoms with van der Waals surface area (Å²) in [6, 6.07) is 11.4. The highest BCUT2D eigenvalue weighted by Crippen LogP contribution is 2.49. The Labute approximate surface area is 203 Å². The molecule has 4 heterocycles. The number of imide groups is 1. The van der Waals surface area contributed by atoms with Gasteiger partial charge in [-0.15, -0.1) is 0 Å². The summed E-state index contributed by atoms with van der Waals surface area (Å²) in [6.07, 6.45) is 2.59. The van der Waals surface area contributed by atoms with E-state index in [9.17, 15) is 14.4 Å². The number of rotatable bonds is 3. The standard InChI is InChI=1S/C26H26ClN3O4/c27-17-3-1-2-16(12-17)13-29-10-8-26(9-11-29)15-34-23-19-14-30(21-6-7-22(31)28-24(21)32)25(33)18(19)4-5-20(23)26/h1-5,12,21H,6-11,13-15H2,(H,28,31,32). The Hall–Kier alpha value is -2.90. The van der Waals surface area contributed by atoms with Crippen LogP contribution in [0.2, 0.25) is 5.02 Å². The van der Waals surface area contributed by atoms with E-state index in [1.54, 1.807) is 4.90 Å². The number of benzene rings is 2. The quantitative estimate of drug-likeness (QED) is 0.685. The number of piperidine rings is 2. The van der Waals surface area contributed by atoms with Crippen molar-refractivity contribution in [3.05, 3.63) is 63.7 Å². The molecule has 3 amide bonds. The Bertz CT molecular complexity index is 1200. The predicted octanol–water partition coefficient (Wildman–Crippen LogP) is 3.03. The highest BCUT2D eigenvalue weighted by molar-refractivity contribution is 6.30. The summed E-state index contributed by atoms with van der Waals surface area (Å²) in [4.78, 5) is 41.1. The van der Waals surface area contributed by atoms with Gasteiger partial charge in [-0.2, -0.15) is 0 Å². The Morgan fingerprint density at radius 3 is 2.71 bits per heavy atom. The normalized spacial score (nSPS) is 23.6. The number of nitrogens with zero attached hydrogens (tertiary/aromatic N) is 2. The molecule has 1 unspecified atom stereocenters. The van der Waals surface area contributed by atoms with E-state index in [0.717, 1.165) is 48.8 Å². The van der Waals surface area contributed by atoms with Gasteiger partial charge in [0.15, 0.2) is 0 Å². The topological polar surface area (TPSA) is 79.0 Å². The monoisotopic (exact) mass is 479 g/mol. The summed E-state index contributed by atoms with van der Waals surface area (Å²) in [6.45, 7) is 3.78. The van der Waals surface area contributed by atoms with Crippen molar-refractivity contribution in [2.24, 2.45) is 0 Å². The van der Waals surface area contributed by atoms with Crippen molar-refractivity contribution in [3.8, 4) is 5.75 Å². The molecule has 0 bridgehead atoms. The highest BCUT2D eigenvalue weighted by atomic mass is 35.5. The predicted molar refractivity (Wildman–Crippen MR) is 126 cm³/mol. The second-order valence-corrected chi connectivity index (χ2v) is 10.3. The fraction of sp³-hybridized carbons (Fsp3) is 0.423. The summed E-state index contributed by atoms with van der Waals surface area (Å²) < 4.78 is 6.26. The van der Waals surface area contributed by atoms with Gasteiger partial charge in [-0.3, -0.25) is 24.6 Å². The molecule has 2 saturated heterocycles. The molecule has 4 aliphatic heterocycles. The van der Waals surface area contributed by atoms with Crippen molar-refractivity contribution in [3.63, 3.8) is 0 Å². The lowest BCUT2D eigenvalue weighted by atomic mass is 9.74. The number of amides is 3. The van der Waals surface area contributed by atoms with Crippen LogP contribution >= 0.6 is 11.6 Å². The van der Waals surface area contributed by atoms with Gasteiger partial charge in [-0.25, -0.2) is 0 Å². The molecule has 1 atom stereocenters. The number of likely N-dealkylation sites (tertiary alicyclic amines) is 1. The van der Waals surface area contributed by atoms with E-state index in [2.05, 4.69) is 22.3 Å². The molecular weight excluding hydrogens is 454 g/mol. The molecule has 34 heavy (non-hydrogen) atoms. The number of nitrogens with one attached hydrogen (secondary N) is 1. The summed E-state index contributed by atoms with van der Waals surface area (Å²) >= 11 is 6.15. The van der Waals surface area contributed by atoms with E-state index < -0.39 is 11.9 Å². The van der Waals surface area contributed by atoms with Crippen LogP contribution in [0.1, 0.15) is 52.7 Å². The van der Waals surface area contributed by atoms with Gasteiger partial charge < -0.3 is 9.64 Å². The summed E-state index contributed by atoms with van der Waals surface area (Å²) in [7, 11) is 0. The molecule has 0 aliphatic carbocycles. The number of carbonyl (C=O) groups is 3. The second kappa shape index (κ2) is 8.10. The molecule has 8 heteroatoms. The number of ether oxygens (including phenoxy) is 1. The zero-order valence-corrected chi connectivity index (χ0v) is 19.6. The van der Waals surface area contributed by atoms with Gasteiger partial charge in [-0.1, -0.05) is 29.8 Å². The van der Waals surface area contributed by atoms with Crippen LogP contribution in [0.25, 0.3) is 0 Å². The molecule has 0 saturated carbocycles. The van der Waals surface area contributed by atoms with Crippen LogP contribution in [-0.2, 0) is 28.1 Å². The minimum absolute atomic E-state index is 0.0414. The van der Waals surface area contributed by atoms with Gasteiger partial charge >= 0.3 is 0 Å². The zero-order chi connectivity index (χ0) is 23.4. The Morgan fingerprint density at radius 2 is 1.94 bits per heavy atom. The average molecular weight is 480 g/mol. The van der Waals surface area contributed by atoms with Crippen molar-refractivity contribution in [1.82, 2.24) is 15.1 Å². The smallest absolute Gasteiger partial charge is 0.255 e. The lowest BCUT2D eigenvalue weighted by molar-refractivity contribution is -0.136. The van der Waals surface area contributed by atoms with Gasteiger partial charge in [0.1, 0.15) is 11.8 Å². The van der Waals surface area contributed by atoms with Crippen LogP contribution in [0.15, 0.2) is 36.4 Å². The van der Waals surface area contributed by atoms with Crippen molar-refractivity contribution in [2.45, 2.75) is 50.2 Å². The molecule has 1 spiro atoms. The van der Waals surface area contributed by atoms with E-state index in [1.807, 2.05) is 24.3 Å². The van der Waals surface area contributed by atoms with Crippen LogP contribution < -0.4 is 10.1 Å². The SMILES string of the molecule is O=C1CCC(N2Cc3c(ccc4c3OCC43CCN(Cc4cccc(Cl)c4)CC3)C2=O)C(=O)N1. The molecule has 2 aromatic carbocycles. The van der Waals surface area contributed by atoms with E-state index in [4.69, 9.17) is 16.3 Å². The summed E-state index contributed by atoms with van der Waals surface area (Å²) in [5.41, 5.74) is 3.85. The molecule has 1 N–H and O–H groups in total. The molecule has 6 rings (SSSR count). The van der Waals surface area contributed by atoms with Gasteiger partial charge in [0.05, 0.1) is 13.2 Å². The molecule has 2 fully saturated rings. The number of halogens is 1. The minimum atomic E-state index is -0.613. The second-order valence-electron chi connectivity index (χ2n) is 9.84. The first-order valence-corrected chi connectivity index (χ1v) is 12.2. The molecule has 7 nitrogen and oxygen atoms in total. The third-order valence-electron chi connectivity index (χ3n) is 7.84. The van der Waals surface area contributed by atoms with Gasteiger partial charge in [0.25, 0.3) is 5.91 Å². The Kier molecular flexibility index (Phi) is 5.15. The van der Waals surface area contributed by atoms with Crippen molar-refractivity contribution < 1.29 is 19.1 Å². The maximum atomic E-state index is 13.1. The lowest BCUT2D eigenvalue weighted by Crippen LogP contribution is -2.52. The number of hydrogen-bond acceptors (Lipinski definition) is 5. The van der Waals surface area contributed by atoms with E-state index in [-0.39, 0.29) is 23.7 Å². The fourth-order valence-electron chi connectivity index (χ4n) is 5.93. The molecule has 2 aromatic rings. The first kappa shape index (κ1) is 21.6. The Balaban J connectivity index is 1.20. The van der Waals surface area contributed by atoms with E-state index in [0.29, 0.717) is 25.1 Å². The van der Waals surface area contributed by atoms with Crippen LogP contribution in [0.5, 0.6) is 5.75 Å². The minimum Gasteiger partial charge on any atom is -0.492 e. The summed E-state index contributed by atoms with van der Waals surface area (Å²) in [5.74, 6) is -0.00563. The maximum absolute atomic E-state index is 13.1. The molecule has 0 aromatic heterocycles. The third kappa shape index (κ3) is 3.49. The summed E-state index contributed by atoms with van der Waals surface area (Å²) in [5, 5.41) is 3.12. The molecular formula is C26H26ClN3O4. The van der Waals surface area contributed by atoms with Crippen molar-refractivity contribution in [1.29, 1.82) is 0 Å². The number of hydrogen-bond donors (Lipinski definition) is 1. The maximum Gasteiger partial charge on any atom is 0.255 e. The van der Waals surface area contributed by atoms with Crippen LogP contribution in [-0.4, -0.2) is 53.3 Å². The van der Waals surface area contributed by atoms with Gasteiger partial charge in [-0.05, 0) is 56.1 Å².